The topological polar surface area (TPSA) is 73.1 Å². The van der Waals surface area contributed by atoms with Crippen molar-refractivity contribution >= 4 is 0 Å². The molecule has 2 rings (SSSR count). The quantitative estimate of drug-likeness (QED) is 0.864. The molecule has 0 spiro atoms. The molecule has 1 N–H and O–H groups in total. The highest BCUT2D eigenvalue weighted by molar-refractivity contribution is 5.31. The molecule has 0 amide bonds. The molecule has 0 saturated carbocycles. The Morgan fingerprint density at radius 1 is 1.50 bits per heavy atom. The summed E-state index contributed by atoms with van der Waals surface area (Å²) in [5, 5.41) is 21.4. The van der Waals surface area contributed by atoms with E-state index in [4.69, 9.17) is 4.74 Å². The van der Waals surface area contributed by atoms with Gasteiger partial charge in [-0.1, -0.05) is 6.07 Å². The molecule has 0 radical (unpaired) electrons. The number of aromatic nitrogens is 4. The van der Waals surface area contributed by atoms with E-state index in [1.807, 2.05) is 0 Å². The van der Waals surface area contributed by atoms with Gasteiger partial charge >= 0.3 is 0 Å². The van der Waals surface area contributed by atoms with Crippen molar-refractivity contribution in [3.63, 3.8) is 0 Å². The average Bonchev–Trinajstić information content (AvgIpc) is 2.75. The van der Waals surface area contributed by atoms with Crippen LogP contribution in [0.4, 0.5) is 4.39 Å². The third-order valence-corrected chi connectivity index (χ3v) is 2.49. The second kappa shape index (κ2) is 5.09. The van der Waals surface area contributed by atoms with E-state index in [1.54, 1.807) is 7.05 Å². The molecular weight excluding hydrogens is 239 g/mol. The van der Waals surface area contributed by atoms with Crippen molar-refractivity contribution in [2.24, 2.45) is 7.05 Å². The Kier molecular flexibility index (Phi) is 3.52. The molecule has 1 aromatic heterocycles. The molecular formula is C11H13FN4O2. The number of aliphatic hydroxyl groups excluding tert-OH is 1. The van der Waals surface area contributed by atoms with E-state index in [-0.39, 0.29) is 12.2 Å². The van der Waals surface area contributed by atoms with Gasteiger partial charge in [0.05, 0.1) is 20.3 Å². The molecule has 0 aliphatic rings. The van der Waals surface area contributed by atoms with Gasteiger partial charge in [-0.25, -0.2) is 4.39 Å². The minimum atomic E-state index is -0.830. The zero-order valence-electron chi connectivity index (χ0n) is 10.0. The van der Waals surface area contributed by atoms with Crippen LogP contribution in [0, 0.1) is 5.82 Å². The smallest absolute Gasteiger partial charge is 0.177 e. The van der Waals surface area contributed by atoms with Crippen molar-refractivity contribution in [2.75, 3.05) is 7.11 Å². The molecule has 1 aromatic carbocycles. The molecule has 96 valence electrons. The number of aryl methyl sites for hydroxylation is 1. The number of hydrogen-bond donors (Lipinski definition) is 1. The molecule has 0 bridgehead atoms. The Labute approximate surface area is 103 Å². The summed E-state index contributed by atoms with van der Waals surface area (Å²) in [4.78, 5) is 1.31. The van der Waals surface area contributed by atoms with Crippen LogP contribution in [0.3, 0.4) is 0 Å². The van der Waals surface area contributed by atoms with Gasteiger partial charge < -0.3 is 9.84 Å². The van der Waals surface area contributed by atoms with Crippen molar-refractivity contribution < 1.29 is 14.2 Å². The number of tetrazole rings is 1. The van der Waals surface area contributed by atoms with Gasteiger partial charge in [0.1, 0.15) is 0 Å². The van der Waals surface area contributed by atoms with Gasteiger partial charge in [-0.15, -0.1) is 10.2 Å². The van der Waals surface area contributed by atoms with Crippen LogP contribution in [0.25, 0.3) is 0 Å². The summed E-state index contributed by atoms with van der Waals surface area (Å²) >= 11 is 0. The summed E-state index contributed by atoms with van der Waals surface area (Å²) in [6.07, 6.45) is -0.619. The highest BCUT2D eigenvalue weighted by Crippen LogP contribution is 2.24. The number of hydrogen-bond acceptors (Lipinski definition) is 5. The fourth-order valence-corrected chi connectivity index (χ4v) is 1.58. The number of rotatable bonds is 4. The first-order chi connectivity index (χ1) is 8.60. The Morgan fingerprint density at radius 2 is 2.28 bits per heavy atom. The number of aliphatic hydroxyl groups is 1. The average molecular weight is 252 g/mol. The second-order valence-electron chi connectivity index (χ2n) is 3.81. The lowest BCUT2D eigenvalue weighted by atomic mass is 10.1. The maximum atomic E-state index is 13.2. The number of halogens is 1. The van der Waals surface area contributed by atoms with E-state index in [2.05, 4.69) is 15.4 Å². The number of benzene rings is 1. The maximum Gasteiger partial charge on any atom is 0.177 e. The SMILES string of the molecule is COc1cc(C(O)Cc2nnn(C)n2)ccc1F. The monoisotopic (exact) mass is 252 g/mol. The molecule has 0 fully saturated rings. The van der Waals surface area contributed by atoms with Crippen LogP contribution in [0.2, 0.25) is 0 Å². The molecule has 1 unspecified atom stereocenters. The fraction of sp³-hybridized carbons (Fsp3) is 0.364. The summed E-state index contributed by atoms with van der Waals surface area (Å²) in [5.74, 6) is 0.0537. The Morgan fingerprint density at radius 3 is 2.89 bits per heavy atom. The third kappa shape index (κ3) is 2.62. The van der Waals surface area contributed by atoms with Gasteiger partial charge in [-0.05, 0) is 22.9 Å². The lowest BCUT2D eigenvalue weighted by Crippen LogP contribution is -2.04. The van der Waals surface area contributed by atoms with Crippen LogP contribution in [0.5, 0.6) is 5.75 Å². The van der Waals surface area contributed by atoms with Crippen LogP contribution in [0.1, 0.15) is 17.5 Å². The van der Waals surface area contributed by atoms with E-state index >= 15 is 0 Å². The van der Waals surface area contributed by atoms with E-state index < -0.39 is 11.9 Å². The van der Waals surface area contributed by atoms with Crippen LogP contribution < -0.4 is 4.74 Å². The van der Waals surface area contributed by atoms with Crippen molar-refractivity contribution in [3.05, 3.63) is 35.4 Å². The molecule has 0 aliphatic carbocycles. The molecule has 7 heteroatoms. The highest BCUT2D eigenvalue weighted by Gasteiger charge is 2.14. The maximum absolute atomic E-state index is 13.2. The van der Waals surface area contributed by atoms with E-state index in [9.17, 15) is 9.50 Å². The predicted molar refractivity (Wildman–Crippen MR) is 60.4 cm³/mol. The highest BCUT2D eigenvalue weighted by atomic mass is 19.1. The Balaban J connectivity index is 2.15. The summed E-state index contributed by atoms with van der Waals surface area (Å²) in [6.45, 7) is 0. The summed E-state index contributed by atoms with van der Waals surface area (Å²) in [5.41, 5.74) is 0.542. The first-order valence-corrected chi connectivity index (χ1v) is 5.34. The van der Waals surface area contributed by atoms with Crippen LogP contribution in [0.15, 0.2) is 18.2 Å². The van der Waals surface area contributed by atoms with Crippen LogP contribution in [-0.2, 0) is 13.5 Å². The predicted octanol–water partition coefficient (Wildman–Crippen LogP) is 0.634. The Hall–Kier alpha value is -2.02. The van der Waals surface area contributed by atoms with Gasteiger partial charge in [0.25, 0.3) is 0 Å². The minimum Gasteiger partial charge on any atom is -0.494 e. The summed E-state index contributed by atoms with van der Waals surface area (Å²) < 4.78 is 18.1. The van der Waals surface area contributed by atoms with Crippen molar-refractivity contribution in [1.29, 1.82) is 0 Å². The van der Waals surface area contributed by atoms with E-state index in [0.717, 1.165) is 0 Å². The zero-order chi connectivity index (χ0) is 13.1. The van der Waals surface area contributed by atoms with E-state index in [1.165, 1.54) is 30.1 Å². The van der Waals surface area contributed by atoms with Gasteiger partial charge in [-0.3, -0.25) is 0 Å². The van der Waals surface area contributed by atoms with Gasteiger partial charge in [-0.2, -0.15) is 4.80 Å². The molecule has 18 heavy (non-hydrogen) atoms. The number of ether oxygens (including phenoxy) is 1. The first-order valence-electron chi connectivity index (χ1n) is 5.34. The first kappa shape index (κ1) is 12.4. The third-order valence-electron chi connectivity index (χ3n) is 2.49. The Bertz CT molecular complexity index is 544. The standard InChI is InChI=1S/C11H13FN4O2/c1-16-14-11(13-15-16)6-9(17)7-3-4-8(12)10(5-7)18-2/h3-5,9,17H,6H2,1-2H3. The lowest BCUT2D eigenvalue weighted by Gasteiger charge is -2.10. The number of nitrogens with zero attached hydrogens (tertiary/aromatic N) is 4. The zero-order valence-corrected chi connectivity index (χ0v) is 10.0. The fourth-order valence-electron chi connectivity index (χ4n) is 1.58. The van der Waals surface area contributed by atoms with E-state index in [0.29, 0.717) is 11.4 Å². The van der Waals surface area contributed by atoms with Crippen molar-refractivity contribution in [2.45, 2.75) is 12.5 Å². The molecule has 1 atom stereocenters. The largest absolute Gasteiger partial charge is 0.494 e. The van der Waals surface area contributed by atoms with Gasteiger partial charge in [0, 0.05) is 6.42 Å². The molecule has 2 aromatic rings. The van der Waals surface area contributed by atoms with Crippen LogP contribution >= 0.6 is 0 Å². The molecule has 0 saturated heterocycles. The second-order valence-corrected chi connectivity index (χ2v) is 3.81. The molecule has 1 heterocycles. The van der Waals surface area contributed by atoms with Crippen LogP contribution in [-0.4, -0.2) is 32.4 Å². The summed E-state index contributed by atoms with van der Waals surface area (Å²) in [7, 11) is 3.02. The van der Waals surface area contributed by atoms with Gasteiger partial charge in [0.2, 0.25) is 0 Å². The molecule has 0 aliphatic heterocycles. The minimum absolute atomic E-state index is 0.0960. The summed E-state index contributed by atoms with van der Waals surface area (Å²) in [6, 6.07) is 4.21. The normalized spacial score (nSPS) is 12.4. The number of methoxy groups -OCH3 is 1. The van der Waals surface area contributed by atoms with Crippen molar-refractivity contribution in [3.8, 4) is 5.75 Å². The van der Waals surface area contributed by atoms with Crippen molar-refractivity contribution in [1.82, 2.24) is 20.2 Å². The molecule has 6 nitrogen and oxygen atoms in total. The van der Waals surface area contributed by atoms with Gasteiger partial charge in [0.15, 0.2) is 17.4 Å². The lowest BCUT2D eigenvalue weighted by molar-refractivity contribution is 0.175.